The summed E-state index contributed by atoms with van der Waals surface area (Å²) in [5.74, 6) is 0.444. The van der Waals surface area contributed by atoms with Gasteiger partial charge in [-0.1, -0.05) is 0 Å². The molecule has 29 heavy (non-hydrogen) atoms. The molecule has 0 aliphatic carbocycles. The number of β-amino-alcohol motifs (C(OH)–C–C–N with tert-alkyl or cyclic N) is 1. The number of nitrogens with one attached hydrogen (secondary N) is 1. The lowest BCUT2D eigenvalue weighted by Gasteiger charge is -2.19. The Bertz CT molecular complexity index is 992. The highest BCUT2D eigenvalue weighted by atomic mass is 32.2. The molecule has 0 bridgehead atoms. The molecule has 2 fully saturated rings. The van der Waals surface area contributed by atoms with Gasteiger partial charge in [0, 0.05) is 36.1 Å². The number of aliphatic hydroxyl groups is 1. The van der Waals surface area contributed by atoms with Crippen LogP contribution in [0.25, 0.3) is 10.9 Å². The van der Waals surface area contributed by atoms with Crippen LogP contribution in [0.5, 0.6) is 0 Å². The summed E-state index contributed by atoms with van der Waals surface area (Å²) >= 11 is 1.53. The summed E-state index contributed by atoms with van der Waals surface area (Å²) in [6.07, 6.45) is 1.95. The second-order valence-electron chi connectivity index (χ2n) is 7.14. The maximum absolute atomic E-state index is 12.8. The Morgan fingerprint density at radius 3 is 3.00 bits per heavy atom. The number of aromatic nitrogens is 1. The monoisotopic (exact) mass is 411 g/mol. The highest BCUT2D eigenvalue weighted by molar-refractivity contribution is 7.99. The molecule has 0 saturated carbocycles. The first-order valence-electron chi connectivity index (χ1n) is 9.43. The Hall–Kier alpha value is -2.83. The van der Waals surface area contributed by atoms with Crippen LogP contribution in [0.4, 0.5) is 5.69 Å². The van der Waals surface area contributed by atoms with Crippen molar-refractivity contribution < 1.29 is 14.7 Å². The van der Waals surface area contributed by atoms with Crippen LogP contribution in [0.1, 0.15) is 16.8 Å². The molecule has 8 nitrogen and oxygen atoms in total. The third kappa shape index (κ3) is 3.99. The molecule has 2 unspecified atom stereocenters. The number of hydrogen-bond donors (Lipinski definition) is 2. The van der Waals surface area contributed by atoms with E-state index in [9.17, 15) is 14.7 Å². The number of thioether (sulfide) groups is 1. The van der Waals surface area contributed by atoms with Gasteiger partial charge in [-0.25, -0.2) is 0 Å². The normalized spacial score (nSPS) is 21.4. The third-order valence-electron chi connectivity index (χ3n) is 5.25. The van der Waals surface area contributed by atoms with Crippen LogP contribution in [0.15, 0.2) is 30.5 Å². The van der Waals surface area contributed by atoms with Gasteiger partial charge in [0.25, 0.3) is 5.91 Å². The Kier molecular flexibility index (Phi) is 5.56. The summed E-state index contributed by atoms with van der Waals surface area (Å²) in [6.45, 7) is 1.17. The van der Waals surface area contributed by atoms with Crippen molar-refractivity contribution in [2.75, 3.05) is 36.2 Å². The Morgan fingerprint density at radius 1 is 1.38 bits per heavy atom. The van der Waals surface area contributed by atoms with Gasteiger partial charge in [-0.05, 0) is 30.7 Å². The molecule has 2 N–H and O–H groups in total. The van der Waals surface area contributed by atoms with Gasteiger partial charge in [-0.3, -0.25) is 14.6 Å². The van der Waals surface area contributed by atoms with Gasteiger partial charge in [0.05, 0.1) is 35.7 Å². The largest absolute Gasteiger partial charge is 0.391 e. The van der Waals surface area contributed by atoms with Gasteiger partial charge in [0.15, 0.2) is 0 Å². The van der Waals surface area contributed by atoms with Crippen LogP contribution < -0.4 is 10.2 Å². The second-order valence-corrected chi connectivity index (χ2v) is 8.14. The number of nitriles is 1. The van der Waals surface area contributed by atoms with Crippen LogP contribution in [0, 0.1) is 11.3 Å². The fourth-order valence-electron chi connectivity index (χ4n) is 3.65. The van der Waals surface area contributed by atoms with E-state index in [2.05, 4.69) is 21.3 Å². The molecule has 2 aliphatic heterocycles. The average molecular weight is 411 g/mol. The Labute approximate surface area is 172 Å². The van der Waals surface area contributed by atoms with E-state index in [0.717, 1.165) is 18.7 Å². The predicted octanol–water partition coefficient (Wildman–Crippen LogP) is 0.961. The lowest BCUT2D eigenvalue weighted by Crippen LogP contribution is -2.42. The van der Waals surface area contributed by atoms with Crippen molar-refractivity contribution >= 4 is 40.2 Å². The average Bonchev–Trinajstić information content (AvgIpc) is 3.39. The summed E-state index contributed by atoms with van der Waals surface area (Å²) in [5, 5.41) is 22.3. The van der Waals surface area contributed by atoms with Gasteiger partial charge in [0.2, 0.25) is 5.91 Å². The summed E-state index contributed by atoms with van der Waals surface area (Å²) in [5.41, 5.74) is 2.06. The van der Waals surface area contributed by atoms with Gasteiger partial charge >= 0.3 is 0 Å². The van der Waals surface area contributed by atoms with Crippen molar-refractivity contribution in [3.8, 4) is 6.07 Å². The summed E-state index contributed by atoms with van der Waals surface area (Å²) < 4.78 is 0. The zero-order chi connectivity index (χ0) is 20.4. The van der Waals surface area contributed by atoms with E-state index in [4.69, 9.17) is 5.26 Å². The highest BCUT2D eigenvalue weighted by Crippen LogP contribution is 2.26. The summed E-state index contributed by atoms with van der Waals surface area (Å²) in [7, 11) is 0. The number of amides is 2. The van der Waals surface area contributed by atoms with Crippen molar-refractivity contribution in [2.45, 2.75) is 18.6 Å². The van der Waals surface area contributed by atoms with Crippen molar-refractivity contribution in [1.29, 1.82) is 5.26 Å². The van der Waals surface area contributed by atoms with Crippen molar-refractivity contribution in [1.82, 2.24) is 15.2 Å². The summed E-state index contributed by atoms with van der Waals surface area (Å²) in [6, 6.07) is 9.00. The minimum Gasteiger partial charge on any atom is -0.391 e. The molecular formula is C20H21N5O3S. The van der Waals surface area contributed by atoms with Gasteiger partial charge in [-0.15, -0.1) is 11.8 Å². The fraction of sp³-hybridized carbons (Fsp3) is 0.400. The number of carbonyl (C=O) groups excluding carboxylic acids is 2. The minimum atomic E-state index is -0.440. The molecular weight excluding hydrogens is 390 g/mol. The molecule has 150 valence electrons. The van der Waals surface area contributed by atoms with E-state index in [1.807, 2.05) is 18.2 Å². The molecule has 0 radical (unpaired) electrons. The first-order valence-corrected chi connectivity index (χ1v) is 10.6. The molecule has 2 saturated heterocycles. The van der Waals surface area contributed by atoms with Gasteiger partial charge in [-0.2, -0.15) is 5.26 Å². The first-order chi connectivity index (χ1) is 14.1. The Morgan fingerprint density at radius 2 is 2.24 bits per heavy atom. The Balaban J connectivity index is 1.51. The number of rotatable bonds is 4. The van der Waals surface area contributed by atoms with Crippen LogP contribution in [0.2, 0.25) is 0 Å². The smallest absolute Gasteiger partial charge is 0.252 e. The fourth-order valence-corrected chi connectivity index (χ4v) is 4.76. The van der Waals surface area contributed by atoms with Gasteiger partial charge < -0.3 is 20.2 Å². The van der Waals surface area contributed by atoms with E-state index < -0.39 is 6.04 Å². The number of carbonyl (C=O) groups is 2. The highest BCUT2D eigenvalue weighted by Gasteiger charge is 2.29. The van der Waals surface area contributed by atoms with E-state index in [-0.39, 0.29) is 24.5 Å². The number of hydrogen-bond acceptors (Lipinski definition) is 7. The zero-order valence-corrected chi connectivity index (χ0v) is 16.6. The quantitative estimate of drug-likeness (QED) is 0.771. The van der Waals surface area contributed by atoms with E-state index in [1.54, 1.807) is 12.3 Å². The standard InChI is InChI=1S/C20H21N5O3S/c21-8-14-11-29-12-25(14)19(27)9-23-20(28)16-3-5-22-18-2-1-13(7-17(16)18)24-6-4-15(26)10-24/h1-3,5,7,14-15,26H,4,6,9-12H2,(H,23,28). The SMILES string of the molecule is N#CC1CSCN1C(=O)CNC(=O)c1ccnc2ccc(N3CCC(O)C3)cc12. The summed E-state index contributed by atoms with van der Waals surface area (Å²) in [4.78, 5) is 33.1. The molecule has 3 heterocycles. The lowest BCUT2D eigenvalue weighted by molar-refractivity contribution is -0.129. The van der Waals surface area contributed by atoms with E-state index in [1.165, 1.54) is 16.7 Å². The zero-order valence-electron chi connectivity index (χ0n) is 15.7. The second kappa shape index (κ2) is 8.27. The van der Waals surface area contributed by atoms with Crippen LogP contribution in [-0.4, -0.2) is 70.2 Å². The topological polar surface area (TPSA) is 110 Å². The number of fused-ring (bicyclic) bond motifs is 1. The predicted molar refractivity (Wildman–Crippen MR) is 110 cm³/mol. The molecule has 2 aliphatic rings. The maximum Gasteiger partial charge on any atom is 0.252 e. The molecule has 2 aromatic rings. The number of nitrogens with zero attached hydrogens (tertiary/aromatic N) is 4. The van der Waals surface area contributed by atoms with Crippen molar-refractivity contribution in [2.24, 2.45) is 0 Å². The minimum absolute atomic E-state index is 0.153. The molecule has 4 rings (SSSR count). The number of benzene rings is 1. The number of aliphatic hydroxyl groups excluding tert-OH is 1. The lowest BCUT2D eigenvalue weighted by atomic mass is 10.1. The van der Waals surface area contributed by atoms with Crippen LogP contribution in [-0.2, 0) is 4.79 Å². The van der Waals surface area contributed by atoms with E-state index in [0.29, 0.717) is 34.6 Å². The molecule has 9 heteroatoms. The molecule has 2 amide bonds. The third-order valence-corrected chi connectivity index (χ3v) is 6.26. The van der Waals surface area contributed by atoms with Crippen LogP contribution in [0.3, 0.4) is 0 Å². The number of anilines is 1. The van der Waals surface area contributed by atoms with Gasteiger partial charge in [0.1, 0.15) is 6.04 Å². The van der Waals surface area contributed by atoms with E-state index >= 15 is 0 Å². The molecule has 1 aromatic carbocycles. The van der Waals surface area contributed by atoms with Crippen molar-refractivity contribution in [3.63, 3.8) is 0 Å². The maximum atomic E-state index is 12.8. The molecule has 0 spiro atoms. The molecule has 1 aromatic heterocycles. The molecule has 2 atom stereocenters. The van der Waals surface area contributed by atoms with Crippen LogP contribution >= 0.6 is 11.8 Å². The number of pyridine rings is 1. The first kappa shape index (κ1) is 19.5. The van der Waals surface area contributed by atoms with Crippen molar-refractivity contribution in [3.05, 3.63) is 36.0 Å².